The number of alkyl carbamates (subject to hydrolysis) is 1. The smallest absolute Gasteiger partial charge is 0.407 e. The maximum absolute atomic E-state index is 13.1. The minimum atomic E-state index is -0.806. The Morgan fingerprint density at radius 1 is 1.10 bits per heavy atom. The standard InChI is InChI=1S/C25H29N3O3/c1-15-16(2)28(24(29)23(15)31-25(30)26-3)19-10-12-27(13-11-19)21-14-18-8-4-6-17-7-5-9-20(21)22(17)18/h4-9,19,21,23H,10-14H2,1-3H3,(H,26,30). The fourth-order valence-electron chi connectivity index (χ4n) is 5.61. The zero-order valence-electron chi connectivity index (χ0n) is 18.4. The molecule has 1 aliphatic carbocycles. The first-order valence-corrected chi connectivity index (χ1v) is 11.1. The number of amides is 2. The van der Waals surface area contributed by atoms with Crippen LogP contribution in [0.3, 0.4) is 0 Å². The van der Waals surface area contributed by atoms with Crippen LogP contribution in [0.4, 0.5) is 4.79 Å². The maximum Gasteiger partial charge on any atom is 0.407 e. The van der Waals surface area contributed by atoms with E-state index in [2.05, 4.69) is 46.6 Å². The van der Waals surface area contributed by atoms with Crippen LogP contribution in [0.1, 0.15) is 43.9 Å². The van der Waals surface area contributed by atoms with E-state index in [1.807, 2.05) is 18.7 Å². The molecule has 31 heavy (non-hydrogen) atoms. The number of rotatable bonds is 3. The monoisotopic (exact) mass is 419 g/mol. The number of likely N-dealkylation sites (tertiary alicyclic amines) is 1. The van der Waals surface area contributed by atoms with Gasteiger partial charge in [-0.1, -0.05) is 36.4 Å². The van der Waals surface area contributed by atoms with Gasteiger partial charge in [0.05, 0.1) is 0 Å². The summed E-state index contributed by atoms with van der Waals surface area (Å²) in [6.07, 6.45) is 1.53. The van der Waals surface area contributed by atoms with Gasteiger partial charge in [-0.25, -0.2) is 4.79 Å². The molecule has 0 bridgehead atoms. The van der Waals surface area contributed by atoms with Crippen LogP contribution in [0.5, 0.6) is 0 Å². The lowest BCUT2D eigenvalue weighted by Crippen LogP contribution is -2.48. The highest BCUT2D eigenvalue weighted by atomic mass is 16.6. The molecule has 3 aliphatic rings. The van der Waals surface area contributed by atoms with Crippen LogP contribution in [0, 0.1) is 0 Å². The van der Waals surface area contributed by atoms with Crippen LogP contribution in [0.2, 0.25) is 0 Å². The molecule has 0 spiro atoms. The maximum atomic E-state index is 13.1. The molecule has 2 aromatic carbocycles. The van der Waals surface area contributed by atoms with Crippen molar-refractivity contribution < 1.29 is 14.3 Å². The third-order valence-electron chi connectivity index (χ3n) is 7.32. The van der Waals surface area contributed by atoms with Crippen LogP contribution in [0.15, 0.2) is 47.7 Å². The molecule has 0 radical (unpaired) electrons. The van der Waals surface area contributed by atoms with Gasteiger partial charge in [0.15, 0.2) is 0 Å². The highest BCUT2D eigenvalue weighted by Gasteiger charge is 2.43. The van der Waals surface area contributed by atoms with Gasteiger partial charge in [-0.2, -0.15) is 0 Å². The summed E-state index contributed by atoms with van der Waals surface area (Å²) in [5, 5.41) is 5.19. The normalized spacial score (nSPS) is 24.4. The lowest BCUT2D eigenvalue weighted by molar-refractivity contribution is -0.136. The predicted octanol–water partition coefficient (Wildman–Crippen LogP) is 3.76. The Bertz CT molecular complexity index is 1080. The third-order valence-corrected chi connectivity index (χ3v) is 7.32. The Labute approximate surface area is 182 Å². The number of benzene rings is 2. The van der Waals surface area contributed by atoms with Crippen molar-refractivity contribution in [2.24, 2.45) is 0 Å². The average molecular weight is 420 g/mol. The lowest BCUT2D eigenvalue weighted by atomic mass is 9.98. The van der Waals surface area contributed by atoms with Gasteiger partial charge in [0, 0.05) is 37.9 Å². The van der Waals surface area contributed by atoms with Gasteiger partial charge < -0.3 is 15.0 Å². The molecular formula is C25H29N3O3. The summed E-state index contributed by atoms with van der Waals surface area (Å²) >= 11 is 0. The zero-order chi connectivity index (χ0) is 21.7. The SMILES string of the molecule is CNC(=O)OC1C(=O)N(C2CCN(C3Cc4cccc5cccc3c45)CC2)C(C)=C1C. The molecule has 1 N–H and O–H groups in total. The number of carbonyl (C=O) groups excluding carboxylic acids is 2. The molecule has 1 saturated heterocycles. The van der Waals surface area contributed by atoms with Crippen molar-refractivity contribution >= 4 is 22.8 Å². The second kappa shape index (κ2) is 7.68. The molecule has 2 aliphatic heterocycles. The first-order chi connectivity index (χ1) is 15.0. The van der Waals surface area contributed by atoms with Crippen molar-refractivity contribution in [1.82, 2.24) is 15.1 Å². The fourth-order valence-corrected chi connectivity index (χ4v) is 5.61. The summed E-state index contributed by atoms with van der Waals surface area (Å²) < 4.78 is 5.34. The quantitative estimate of drug-likeness (QED) is 0.823. The molecule has 2 amide bonds. The number of carbonyl (C=O) groups is 2. The molecule has 1 fully saturated rings. The molecule has 2 aromatic rings. The Balaban J connectivity index is 1.29. The molecule has 0 aromatic heterocycles. The van der Waals surface area contributed by atoms with Crippen LogP contribution in [0.25, 0.3) is 10.8 Å². The summed E-state index contributed by atoms with van der Waals surface area (Å²) in [7, 11) is 1.50. The Kier molecular flexibility index (Phi) is 4.97. The summed E-state index contributed by atoms with van der Waals surface area (Å²) in [5.74, 6) is -0.116. The lowest BCUT2D eigenvalue weighted by Gasteiger charge is -2.40. The number of nitrogens with one attached hydrogen (secondary N) is 1. The number of nitrogens with zero attached hydrogens (tertiary/aromatic N) is 2. The van der Waals surface area contributed by atoms with Gasteiger partial charge in [0.1, 0.15) is 0 Å². The average Bonchev–Trinajstić information content (AvgIpc) is 3.26. The van der Waals surface area contributed by atoms with Crippen molar-refractivity contribution in [3.8, 4) is 0 Å². The summed E-state index contributed by atoms with van der Waals surface area (Å²) in [4.78, 5) is 29.2. The van der Waals surface area contributed by atoms with Crippen molar-refractivity contribution in [3.05, 3.63) is 58.8 Å². The molecule has 162 valence electrons. The topological polar surface area (TPSA) is 61.9 Å². The van der Waals surface area contributed by atoms with Gasteiger partial charge >= 0.3 is 6.09 Å². The summed E-state index contributed by atoms with van der Waals surface area (Å²) in [5.41, 5.74) is 4.64. The summed E-state index contributed by atoms with van der Waals surface area (Å²) in [6.45, 7) is 5.75. The van der Waals surface area contributed by atoms with E-state index in [4.69, 9.17) is 4.74 Å². The van der Waals surface area contributed by atoms with Crippen molar-refractivity contribution in [1.29, 1.82) is 0 Å². The van der Waals surface area contributed by atoms with Gasteiger partial charge in [0.25, 0.3) is 5.91 Å². The number of hydrogen-bond donors (Lipinski definition) is 1. The van der Waals surface area contributed by atoms with E-state index in [1.165, 1.54) is 28.9 Å². The Morgan fingerprint density at radius 2 is 1.81 bits per heavy atom. The largest absolute Gasteiger partial charge is 0.431 e. The first kappa shape index (κ1) is 20.1. The van der Waals surface area contributed by atoms with Gasteiger partial charge in [-0.15, -0.1) is 0 Å². The van der Waals surface area contributed by atoms with Crippen LogP contribution in [-0.4, -0.2) is 54.1 Å². The van der Waals surface area contributed by atoms with E-state index in [9.17, 15) is 9.59 Å². The highest BCUT2D eigenvalue weighted by Crippen LogP contribution is 2.41. The van der Waals surface area contributed by atoms with Crippen molar-refractivity contribution in [2.75, 3.05) is 20.1 Å². The summed E-state index contributed by atoms with van der Waals surface area (Å²) in [6, 6.07) is 13.8. The molecule has 6 heteroatoms. The van der Waals surface area contributed by atoms with E-state index in [0.29, 0.717) is 6.04 Å². The predicted molar refractivity (Wildman–Crippen MR) is 120 cm³/mol. The second-order valence-electron chi connectivity index (χ2n) is 8.86. The van der Waals surface area contributed by atoms with Crippen LogP contribution >= 0.6 is 0 Å². The van der Waals surface area contributed by atoms with E-state index < -0.39 is 12.2 Å². The number of piperidine rings is 1. The van der Waals surface area contributed by atoms with Crippen LogP contribution < -0.4 is 5.32 Å². The van der Waals surface area contributed by atoms with E-state index in [0.717, 1.165) is 43.6 Å². The van der Waals surface area contributed by atoms with E-state index >= 15 is 0 Å². The molecule has 5 rings (SSSR count). The minimum Gasteiger partial charge on any atom is -0.431 e. The van der Waals surface area contributed by atoms with Crippen molar-refractivity contribution in [3.63, 3.8) is 0 Å². The Morgan fingerprint density at radius 3 is 2.52 bits per heavy atom. The van der Waals surface area contributed by atoms with Gasteiger partial charge in [-0.3, -0.25) is 9.69 Å². The number of ether oxygens (including phenoxy) is 1. The molecule has 2 unspecified atom stereocenters. The minimum absolute atomic E-state index is 0.116. The highest BCUT2D eigenvalue weighted by molar-refractivity contribution is 5.92. The zero-order valence-corrected chi connectivity index (χ0v) is 18.4. The van der Waals surface area contributed by atoms with Gasteiger partial charge in [-0.05, 0) is 60.6 Å². The van der Waals surface area contributed by atoms with Gasteiger partial charge in [0.2, 0.25) is 6.10 Å². The Hall–Kier alpha value is -2.86. The third kappa shape index (κ3) is 3.21. The molecular weight excluding hydrogens is 390 g/mol. The number of hydrogen-bond acceptors (Lipinski definition) is 4. The van der Waals surface area contributed by atoms with E-state index in [1.54, 1.807) is 0 Å². The molecule has 0 saturated carbocycles. The fraction of sp³-hybridized carbons (Fsp3) is 0.440. The van der Waals surface area contributed by atoms with Crippen molar-refractivity contribution in [2.45, 2.75) is 51.3 Å². The first-order valence-electron chi connectivity index (χ1n) is 11.1. The molecule has 2 heterocycles. The molecule has 2 atom stereocenters. The second-order valence-corrected chi connectivity index (χ2v) is 8.86. The van der Waals surface area contributed by atoms with E-state index in [-0.39, 0.29) is 11.9 Å². The van der Waals surface area contributed by atoms with Crippen LogP contribution in [-0.2, 0) is 16.0 Å². The molecule has 6 nitrogen and oxygen atoms in total. The number of allylic oxidation sites excluding steroid dienone is 1.